The van der Waals surface area contributed by atoms with Gasteiger partial charge in [0.15, 0.2) is 17.8 Å². The van der Waals surface area contributed by atoms with Gasteiger partial charge in [0.2, 0.25) is 0 Å². The van der Waals surface area contributed by atoms with Crippen molar-refractivity contribution in [1.82, 2.24) is 5.32 Å². The number of hydrogen-bond donors (Lipinski definition) is 2. The van der Waals surface area contributed by atoms with Gasteiger partial charge in [-0.2, -0.15) is 0 Å². The van der Waals surface area contributed by atoms with E-state index in [9.17, 15) is 13.6 Å². The van der Waals surface area contributed by atoms with Crippen LogP contribution in [0.2, 0.25) is 0 Å². The van der Waals surface area contributed by atoms with Crippen molar-refractivity contribution in [3.05, 3.63) is 29.8 Å². The van der Waals surface area contributed by atoms with Crippen molar-refractivity contribution < 1.29 is 28.2 Å². The van der Waals surface area contributed by atoms with Crippen molar-refractivity contribution in [2.75, 3.05) is 13.2 Å². The van der Waals surface area contributed by atoms with Gasteiger partial charge in [-0.15, -0.1) is 0 Å². The first-order valence-corrected chi connectivity index (χ1v) is 5.75. The van der Waals surface area contributed by atoms with Gasteiger partial charge in [0.25, 0.3) is 0 Å². The highest BCUT2D eigenvalue weighted by Crippen LogP contribution is 2.21. The van der Waals surface area contributed by atoms with Gasteiger partial charge in [-0.05, 0) is 12.1 Å². The Balaban J connectivity index is 1.83. The molecule has 104 valence electrons. The Kier molecular flexibility index (Phi) is 4.16. The fourth-order valence-corrected chi connectivity index (χ4v) is 1.90. The molecule has 2 rings (SSSR count). The second kappa shape index (κ2) is 5.83. The number of carbonyl (C=O) groups is 1. The standard InChI is InChI=1S/C12H13F2NO4/c13-8-1-2-9(14)10(4-8)18-6-7-3-11(15-5-7)19-12(16)17/h1-2,4,7,11,15H,3,5-6H2,(H,16,17)/t7-,11-/m0/s1. The molecule has 0 saturated carbocycles. The van der Waals surface area contributed by atoms with Crippen molar-refractivity contribution >= 4 is 6.16 Å². The Morgan fingerprint density at radius 3 is 3.00 bits per heavy atom. The highest BCUT2D eigenvalue weighted by Gasteiger charge is 2.27. The number of benzene rings is 1. The summed E-state index contributed by atoms with van der Waals surface area (Å²) in [5.74, 6) is -1.38. The van der Waals surface area contributed by atoms with Crippen LogP contribution in [0.4, 0.5) is 13.6 Å². The van der Waals surface area contributed by atoms with E-state index in [-0.39, 0.29) is 18.3 Å². The van der Waals surface area contributed by atoms with Gasteiger partial charge < -0.3 is 14.6 Å². The van der Waals surface area contributed by atoms with Crippen molar-refractivity contribution in [2.45, 2.75) is 12.6 Å². The molecule has 1 saturated heterocycles. The summed E-state index contributed by atoms with van der Waals surface area (Å²) >= 11 is 0. The average molecular weight is 273 g/mol. The minimum Gasteiger partial charge on any atom is -0.490 e. The summed E-state index contributed by atoms with van der Waals surface area (Å²) in [6, 6.07) is 2.98. The number of nitrogens with one attached hydrogen (secondary N) is 1. The van der Waals surface area contributed by atoms with Gasteiger partial charge in [-0.25, -0.2) is 13.6 Å². The van der Waals surface area contributed by atoms with Crippen LogP contribution < -0.4 is 10.1 Å². The van der Waals surface area contributed by atoms with Gasteiger partial charge in [-0.1, -0.05) is 0 Å². The maximum absolute atomic E-state index is 13.3. The lowest BCUT2D eigenvalue weighted by Gasteiger charge is -2.12. The zero-order valence-corrected chi connectivity index (χ0v) is 9.94. The summed E-state index contributed by atoms with van der Waals surface area (Å²) in [5, 5.41) is 11.3. The lowest BCUT2D eigenvalue weighted by molar-refractivity contribution is 0.0433. The Morgan fingerprint density at radius 2 is 2.26 bits per heavy atom. The van der Waals surface area contributed by atoms with Crippen LogP contribution in [0.15, 0.2) is 18.2 Å². The van der Waals surface area contributed by atoms with Gasteiger partial charge in [0, 0.05) is 24.9 Å². The number of carboxylic acid groups (broad SMARTS) is 1. The summed E-state index contributed by atoms with van der Waals surface area (Å²) < 4.78 is 35.9. The zero-order chi connectivity index (χ0) is 13.8. The average Bonchev–Trinajstić information content (AvgIpc) is 2.77. The van der Waals surface area contributed by atoms with Crippen molar-refractivity contribution in [3.63, 3.8) is 0 Å². The molecule has 19 heavy (non-hydrogen) atoms. The molecule has 1 aliphatic heterocycles. The van der Waals surface area contributed by atoms with Crippen LogP contribution >= 0.6 is 0 Å². The molecule has 1 aromatic rings. The summed E-state index contributed by atoms with van der Waals surface area (Å²) in [4.78, 5) is 10.3. The van der Waals surface area contributed by atoms with Crippen LogP contribution in [0.5, 0.6) is 5.75 Å². The smallest absolute Gasteiger partial charge is 0.490 e. The van der Waals surface area contributed by atoms with E-state index in [1.165, 1.54) is 0 Å². The molecule has 0 aromatic heterocycles. The molecule has 0 bridgehead atoms. The van der Waals surface area contributed by atoms with E-state index < -0.39 is 24.0 Å². The van der Waals surface area contributed by atoms with E-state index in [0.29, 0.717) is 13.0 Å². The molecule has 7 heteroatoms. The molecule has 2 atom stereocenters. The van der Waals surface area contributed by atoms with Crippen LogP contribution in [0.1, 0.15) is 6.42 Å². The van der Waals surface area contributed by atoms with E-state index in [1.807, 2.05) is 0 Å². The maximum atomic E-state index is 13.3. The minimum atomic E-state index is -1.35. The van der Waals surface area contributed by atoms with Crippen molar-refractivity contribution in [2.24, 2.45) is 5.92 Å². The van der Waals surface area contributed by atoms with E-state index in [2.05, 4.69) is 10.1 Å². The minimum absolute atomic E-state index is 0.0213. The summed E-state index contributed by atoms with van der Waals surface area (Å²) in [6.07, 6.45) is -1.50. The van der Waals surface area contributed by atoms with Crippen LogP contribution in [0.25, 0.3) is 0 Å². The van der Waals surface area contributed by atoms with E-state index >= 15 is 0 Å². The van der Waals surface area contributed by atoms with Crippen LogP contribution in [0.3, 0.4) is 0 Å². The lowest BCUT2D eigenvalue weighted by atomic mass is 10.1. The molecular weight excluding hydrogens is 260 g/mol. The second-order valence-corrected chi connectivity index (χ2v) is 4.27. The quantitative estimate of drug-likeness (QED) is 0.821. The molecule has 0 spiro atoms. The first-order valence-electron chi connectivity index (χ1n) is 5.75. The normalized spacial score (nSPS) is 22.2. The topological polar surface area (TPSA) is 67.8 Å². The van der Waals surface area contributed by atoms with E-state index in [0.717, 1.165) is 18.2 Å². The molecule has 1 aromatic carbocycles. The maximum Gasteiger partial charge on any atom is 0.507 e. The highest BCUT2D eigenvalue weighted by atomic mass is 19.1. The van der Waals surface area contributed by atoms with E-state index in [4.69, 9.17) is 9.84 Å². The van der Waals surface area contributed by atoms with Crippen molar-refractivity contribution in [3.8, 4) is 5.75 Å². The van der Waals surface area contributed by atoms with Crippen molar-refractivity contribution in [1.29, 1.82) is 0 Å². The molecule has 0 unspecified atom stereocenters. The summed E-state index contributed by atoms with van der Waals surface area (Å²) in [5.41, 5.74) is 0. The Morgan fingerprint density at radius 1 is 1.47 bits per heavy atom. The summed E-state index contributed by atoms with van der Waals surface area (Å²) in [6.45, 7) is 0.654. The fraction of sp³-hybridized carbons (Fsp3) is 0.417. The molecule has 1 aliphatic rings. The SMILES string of the molecule is O=C(O)O[C@H]1C[C@H](COc2cc(F)ccc2F)CN1. The predicted octanol–water partition coefficient (Wildman–Crippen LogP) is 1.97. The highest BCUT2D eigenvalue weighted by molar-refractivity contribution is 5.57. The third-order valence-corrected chi connectivity index (χ3v) is 2.79. The largest absolute Gasteiger partial charge is 0.507 e. The Labute approximate surface area is 108 Å². The van der Waals surface area contributed by atoms with E-state index in [1.54, 1.807) is 0 Å². The second-order valence-electron chi connectivity index (χ2n) is 4.27. The third kappa shape index (κ3) is 3.78. The van der Waals surface area contributed by atoms with Gasteiger partial charge in [0.1, 0.15) is 5.82 Å². The van der Waals surface area contributed by atoms with Crippen LogP contribution in [-0.4, -0.2) is 30.6 Å². The molecule has 1 fully saturated rings. The zero-order valence-electron chi connectivity index (χ0n) is 9.94. The van der Waals surface area contributed by atoms with Gasteiger partial charge in [-0.3, -0.25) is 5.32 Å². The summed E-state index contributed by atoms with van der Waals surface area (Å²) in [7, 11) is 0. The number of hydrogen-bond acceptors (Lipinski definition) is 4. The third-order valence-electron chi connectivity index (χ3n) is 2.79. The fourth-order valence-electron chi connectivity index (χ4n) is 1.90. The van der Waals surface area contributed by atoms with Crippen LogP contribution in [0, 0.1) is 17.6 Å². The lowest BCUT2D eigenvalue weighted by Crippen LogP contribution is -2.26. The first kappa shape index (κ1) is 13.5. The molecule has 0 radical (unpaired) electrons. The number of rotatable bonds is 4. The molecule has 0 amide bonds. The van der Waals surface area contributed by atoms with Gasteiger partial charge in [0.05, 0.1) is 6.61 Å². The Bertz CT molecular complexity index is 469. The number of ether oxygens (including phenoxy) is 2. The molecule has 2 N–H and O–H groups in total. The molecule has 5 nitrogen and oxygen atoms in total. The predicted molar refractivity (Wildman–Crippen MR) is 60.9 cm³/mol. The monoisotopic (exact) mass is 273 g/mol. The van der Waals surface area contributed by atoms with Gasteiger partial charge >= 0.3 is 6.16 Å². The molecular formula is C12H13F2NO4. The van der Waals surface area contributed by atoms with Crippen LogP contribution in [-0.2, 0) is 4.74 Å². The molecule has 0 aliphatic carbocycles. The first-order chi connectivity index (χ1) is 9.04. The molecule has 1 heterocycles. The number of halogens is 2. The Hall–Kier alpha value is -1.89.